The fourth-order valence-corrected chi connectivity index (χ4v) is 3.70. The van der Waals surface area contributed by atoms with Crippen molar-refractivity contribution in [3.63, 3.8) is 0 Å². The lowest BCUT2D eigenvalue weighted by Gasteiger charge is -2.31. The van der Waals surface area contributed by atoms with Crippen molar-refractivity contribution in [1.82, 2.24) is 10.2 Å². The molecule has 0 aromatic heterocycles. The topological polar surface area (TPSA) is 41.6 Å². The van der Waals surface area contributed by atoms with Crippen molar-refractivity contribution in [2.75, 3.05) is 26.7 Å². The zero-order chi connectivity index (χ0) is 16.1. The Bertz CT molecular complexity index is 526. The van der Waals surface area contributed by atoms with Gasteiger partial charge in [0.2, 0.25) is 5.91 Å². The normalized spacial score (nSPS) is 21.6. The van der Waals surface area contributed by atoms with Crippen LogP contribution in [0.1, 0.15) is 37.7 Å². The first-order valence-electron chi connectivity index (χ1n) is 8.92. The van der Waals surface area contributed by atoms with E-state index >= 15 is 0 Å². The molecule has 2 aliphatic rings. The van der Waals surface area contributed by atoms with Crippen LogP contribution in [0.4, 0.5) is 0 Å². The molecule has 0 spiro atoms. The minimum atomic E-state index is -0.0649. The van der Waals surface area contributed by atoms with Gasteiger partial charge in [0.25, 0.3) is 0 Å². The highest BCUT2D eigenvalue weighted by molar-refractivity contribution is 5.79. The second kappa shape index (κ2) is 7.82. The largest absolute Gasteiger partial charge is 0.492 e. The van der Waals surface area contributed by atoms with Crippen LogP contribution in [0.3, 0.4) is 0 Å². The van der Waals surface area contributed by atoms with E-state index in [9.17, 15) is 4.79 Å². The lowest BCUT2D eigenvalue weighted by molar-refractivity contribution is -0.126. The van der Waals surface area contributed by atoms with E-state index in [-0.39, 0.29) is 11.8 Å². The summed E-state index contributed by atoms with van der Waals surface area (Å²) >= 11 is 0. The molecule has 1 saturated carbocycles. The summed E-state index contributed by atoms with van der Waals surface area (Å²) < 4.78 is 5.71. The van der Waals surface area contributed by atoms with Crippen LogP contribution in [-0.4, -0.2) is 43.6 Å². The molecule has 1 fully saturated rings. The highest BCUT2D eigenvalue weighted by atomic mass is 16.5. The highest BCUT2D eigenvalue weighted by Crippen LogP contribution is 2.26. The van der Waals surface area contributed by atoms with Crippen molar-refractivity contribution in [2.24, 2.45) is 5.92 Å². The Labute approximate surface area is 139 Å². The molecule has 3 rings (SSSR count). The molecule has 0 unspecified atom stereocenters. The Morgan fingerprint density at radius 3 is 2.87 bits per heavy atom. The predicted octanol–water partition coefficient (Wildman–Crippen LogP) is 2.62. The van der Waals surface area contributed by atoms with Crippen LogP contribution < -0.4 is 10.1 Å². The van der Waals surface area contributed by atoms with Crippen LogP contribution in [0.5, 0.6) is 5.75 Å². The van der Waals surface area contributed by atoms with Gasteiger partial charge in [-0.25, -0.2) is 0 Å². The zero-order valence-corrected chi connectivity index (χ0v) is 14.1. The zero-order valence-electron chi connectivity index (χ0n) is 14.1. The van der Waals surface area contributed by atoms with E-state index in [2.05, 4.69) is 17.3 Å². The molecule has 1 aliphatic carbocycles. The first kappa shape index (κ1) is 16.3. The summed E-state index contributed by atoms with van der Waals surface area (Å²) in [5, 5.41) is 3.09. The van der Waals surface area contributed by atoms with Gasteiger partial charge in [-0.15, -0.1) is 0 Å². The Morgan fingerprint density at radius 1 is 1.26 bits per heavy atom. The molecule has 1 aliphatic heterocycles. The van der Waals surface area contributed by atoms with Gasteiger partial charge < -0.3 is 15.0 Å². The average molecular weight is 316 g/mol. The summed E-state index contributed by atoms with van der Waals surface area (Å²) in [5.74, 6) is 0.981. The minimum Gasteiger partial charge on any atom is -0.492 e. The van der Waals surface area contributed by atoms with Gasteiger partial charge in [-0.3, -0.25) is 4.79 Å². The van der Waals surface area contributed by atoms with E-state index in [1.54, 1.807) is 0 Å². The number of carbonyl (C=O) groups excluding carboxylic acids is 1. The van der Waals surface area contributed by atoms with E-state index in [4.69, 9.17) is 4.74 Å². The number of rotatable bonds is 5. The maximum atomic E-state index is 12.4. The summed E-state index contributed by atoms with van der Waals surface area (Å²) in [7, 11) is 2.18. The molecule has 23 heavy (non-hydrogen) atoms. The Kier molecular flexibility index (Phi) is 5.55. The minimum absolute atomic E-state index is 0.0649. The van der Waals surface area contributed by atoms with Crippen LogP contribution in [0.15, 0.2) is 24.3 Å². The molecular formula is C19H28N2O2. The molecule has 0 bridgehead atoms. The monoisotopic (exact) mass is 316 g/mol. The van der Waals surface area contributed by atoms with Gasteiger partial charge in [0.1, 0.15) is 12.4 Å². The fraction of sp³-hybridized carbons (Fsp3) is 0.632. The quantitative estimate of drug-likeness (QED) is 0.908. The summed E-state index contributed by atoms with van der Waals surface area (Å²) in [6.07, 6.45) is 7.46. The number of nitrogens with zero attached hydrogens (tertiary/aromatic N) is 1. The molecule has 4 nitrogen and oxygen atoms in total. The molecule has 0 saturated heterocycles. The van der Waals surface area contributed by atoms with Crippen molar-refractivity contribution >= 4 is 5.91 Å². The van der Waals surface area contributed by atoms with E-state index < -0.39 is 0 Å². The summed E-state index contributed by atoms with van der Waals surface area (Å²) in [4.78, 5) is 14.8. The van der Waals surface area contributed by atoms with Crippen LogP contribution in [-0.2, 0) is 11.2 Å². The van der Waals surface area contributed by atoms with Crippen LogP contribution in [0.2, 0.25) is 0 Å². The maximum absolute atomic E-state index is 12.4. The number of amides is 1. The standard InChI is InChI=1S/C19H28N2O2/c1-21(17-8-3-2-4-9-17)12-11-20-19(22)16-13-15-7-5-6-10-18(15)23-14-16/h5-7,10,16-17H,2-4,8-9,11-14H2,1H3,(H,20,22)/t16-/m1/s1. The van der Waals surface area contributed by atoms with Crippen LogP contribution in [0, 0.1) is 5.92 Å². The first-order valence-corrected chi connectivity index (χ1v) is 8.92. The fourth-order valence-electron chi connectivity index (χ4n) is 3.70. The van der Waals surface area contributed by atoms with Gasteiger partial charge in [0.15, 0.2) is 0 Å². The van der Waals surface area contributed by atoms with Crippen molar-refractivity contribution in [2.45, 2.75) is 44.6 Å². The molecule has 1 amide bonds. The van der Waals surface area contributed by atoms with E-state index in [1.807, 2.05) is 24.3 Å². The number of hydrogen-bond donors (Lipinski definition) is 1. The molecule has 0 radical (unpaired) electrons. The van der Waals surface area contributed by atoms with Crippen molar-refractivity contribution in [1.29, 1.82) is 0 Å². The van der Waals surface area contributed by atoms with E-state index in [0.717, 1.165) is 30.8 Å². The van der Waals surface area contributed by atoms with Crippen molar-refractivity contribution in [3.8, 4) is 5.75 Å². The highest BCUT2D eigenvalue weighted by Gasteiger charge is 2.25. The number of benzene rings is 1. The van der Waals surface area contributed by atoms with Crippen molar-refractivity contribution in [3.05, 3.63) is 29.8 Å². The number of ether oxygens (including phenoxy) is 1. The molecule has 4 heteroatoms. The molecule has 1 aromatic carbocycles. The Hall–Kier alpha value is -1.55. The van der Waals surface area contributed by atoms with Gasteiger partial charge in [-0.1, -0.05) is 37.5 Å². The number of hydrogen-bond acceptors (Lipinski definition) is 3. The SMILES string of the molecule is CN(CCNC(=O)[C@H]1COc2ccccc2C1)C1CCCCC1. The summed E-state index contributed by atoms with van der Waals surface area (Å²) in [6.45, 7) is 2.14. The summed E-state index contributed by atoms with van der Waals surface area (Å²) in [6, 6.07) is 8.70. The molecular weight excluding hydrogens is 288 g/mol. The predicted molar refractivity (Wildman–Crippen MR) is 91.6 cm³/mol. The van der Waals surface area contributed by atoms with Gasteiger partial charge in [-0.2, -0.15) is 0 Å². The third-order valence-corrected chi connectivity index (χ3v) is 5.21. The Balaban J connectivity index is 1.41. The molecule has 1 atom stereocenters. The molecule has 126 valence electrons. The summed E-state index contributed by atoms with van der Waals surface area (Å²) in [5.41, 5.74) is 1.14. The number of likely N-dealkylation sites (N-methyl/N-ethyl adjacent to an activating group) is 1. The third kappa shape index (κ3) is 4.25. The maximum Gasteiger partial charge on any atom is 0.226 e. The lowest BCUT2D eigenvalue weighted by Crippen LogP contribution is -2.42. The second-order valence-corrected chi connectivity index (χ2v) is 6.88. The number of carbonyl (C=O) groups is 1. The van der Waals surface area contributed by atoms with Gasteiger partial charge in [0.05, 0.1) is 5.92 Å². The van der Waals surface area contributed by atoms with E-state index in [0.29, 0.717) is 12.6 Å². The van der Waals surface area contributed by atoms with Gasteiger partial charge in [-0.05, 0) is 37.9 Å². The van der Waals surface area contributed by atoms with Crippen LogP contribution >= 0.6 is 0 Å². The van der Waals surface area contributed by atoms with Gasteiger partial charge >= 0.3 is 0 Å². The molecule has 1 heterocycles. The average Bonchev–Trinajstić information content (AvgIpc) is 2.61. The molecule has 1 aromatic rings. The number of para-hydroxylation sites is 1. The van der Waals surface area contributed by atoms with Crippen LogP contribution in [0.25, 0.3) is 0 Å². The third-order valence-electron chi connectivity index (χ3n) is 5.21. The van der Waals surface area contributed by atoms with Crippen molar-refractivity contribution < 1.29 is 9.53 Å². The first-order chi connectivity index (χ1) is 11.2. The Morgan fingerprint density at radius 2 is 2.04 bits per heavy atom. The molecule has 1 N–H and O–H groups in total. The number of fused-ring (bicyclic) bond motifs is 1. The van der Waals surface area contributed by atoms with Gasteiger partial charge in [0, 0.05) is 19.1 Å². The lowest BCUT2D eigenvalue weighted by atomic mass is 9.94. The second-order valence-electron chi connectivity index (χ2n) is 6.88. The smallest absolute Gasteiger partial charge is 0.226 e. The van der Waals surface area contributed by atoms with E-state index in [1.165, 1.54) is 32.1 Å². The number of nitrogens with one attached hydrogen (secondary N) is 1.